The molecule has 2 aliphatic rings. The quantitative estimate of drug-likeness (QED) is 0.172. The standard InChI is InChI=1S/C33H50F2O/c1-3-5-7-11-25-36-31-24-23-30(32(34)33(31)35)14-10-9-13-27-17-21-29(22-18-27)28-19-15-26(16-20-28)12-8-6-4-2/h9,13,15,23-24,27-29H,3-8,10-12,14,16-22,25H2,1-2H3. The molecule has 0 radical (unpaired) electrons. The Morgan fingerprint density at radius 3 is 2.33 bits per heavy atom. The molecule has 2 aliphatic carbocycles. The first kappa shape index (κ1) is 28.9. The van der Waals surface area contributed by atoms with E-state index in [9.17, 15) is 8.78 Å². The van der Waals surface area contributed by atoms with Crippen LogP contribution in [0.5, 0.6) is 5.75 Å². The molecule has 1 saturated carbocycles. The monoisotopic (exact) mass is 500 g/mol. The molecule has 1 atom stereocenters. The molecule has 1 unspecified atom stereocenters. The third-order valence-electron chi connectivity index (χ3n) is 8.50. The number of hydrogen-bond acceptors (Lipinski definition) is 1. The number of benzene rings is 1. The molecule has 3 rings (SSSR count). The highest BCUT2D eigenvalue weighted by Crippen LogP contribution is 2.40. The van der Waals surface area contributed by atoms with Gasteiger partial charge in [-0.3, -0.25) is 0 Å². The normalized spacial score (nSPS) is 22.7. The number of hydrogen-bond donors (Lipinski definition) is 0. The summed E-state index contributed by atoms with van der Waals surface area (Å²) in [6, 6.07) is 3.28. The lowest BCUT2D eigenvalue weighted by Crippen LogP contribution is -2.22. The molecule has 0 saturated heterocycles. The summed E-state index contributed by atoms with van der Waals surface area (Å²) in [5.41, 5.74) is 2.16. The fourth-order valence-corrected chi connectivity index (χ4v) is 6.09. The number of allylic oxidation sites excluding steroid dienone is 4. The SMILES string of the molecule is CCCCCCOc1ccc(CCC=CC2CCC(C3CC=C(CCCCC)CC3)CC2)c(F)c1F. The first-order valence-electron chi connectivity index (χ1n) is 15.1. The third-order valence-corrected chi connectivity index (χ3v) is 8.50. The fourth-order valence-electron chi connectivity index (χ4n) is 6.09. The van der Waals surface area contributed by atoms with Crippen molar-refractivity contribution < 1.29 is 13.5 Å². The Morgan fingerprint density at radius 1 is 0.833 bits per heavy atom. The molecule has 1 aromatic rings. The molecule has 1 fully saturated rings. The van der Waals surface area contributed by atoms with Crippen molar-refractivity contribution in [3.05, 3.63) is 53.1 Å². The Labute approximate surface area is 219 Å². The zero-order chi connectivity index (χ0) is 25.6. The first-order chi connectivity index (χ1) is 17.6. The maximum Gasteiger partial charge on any atom is 0.200 e. The minimum atomic E-state index is -0.837. The van der Waals surface area contributed by atoms with Crippen LogP contribution in [0.4, 0.5) is 8.78 Å². The van der Waals surface area contributed by atoms with Crippen molar-refractivity contribution in [2.24, 2.45) is 17.8 Å². The van der Waals surface area contributed by atoms with E-state index in [-0.39, 0.29) is 5.75 Å². The average Bonchev–Trinajstić information content (AvgIpc) is 2.91. The van der Waals surface area contributed by atoms with Gasteiger partial charge in [0.05, 0.1) is 6.61 Å². The topological polar surface area (TPSA) is 9.23 Å². The summed E-state index contributed by atoms with van der Waals surface area (Å²) >= 11 is 0. The van der Waals surface area contributed by atoms with E-state index >= 15 is 0 Å². The highest BCUT2D eigenvalue weighted by atomic mass is 19.2. The lowest BCUT2D eigenvalue weighted by molar-refractivity contribution is 0.209. The smallest absolute Gasteiger partial charge is 0.200 e. The predicted octanol–water partition coefficient (Wildman–Crippen LogP) is 10.5. The lowest BCUT2D eigenvalue weighted by Gasteiger charge is -2.35. The minimum absolute atomic E-state index is 0.0428. The second-order valence-corrected chi connectivity index (χ2v) is 11.3. The van der Waals surface area contributed by atoms with Crippen LogP contribution in [-0.2, 0) is 6.42 Å². The van der Waals surface area contributed by atoms with Gasteiger partial charge < -0.3 is 4.74 Å². The first-order valence-corrected chi connectivity index (χ1v) is 15.1. The van der Waals surface area contributed by atoms with Gasteiger partial charge in [-0.1, -0.05) is 75.8 Å². The van der Waals surface area contributed by atoms with Gasteiger partial charge in [-0.25, -0.2) is 4.39 Å². The molecule has 0 aromatic heterocycles. The molecule has 0 bridgehead atoms. The van der Waals surface area contributed by atoms with Crippen LogP contribution in [0.3, 0.4) is 0 Å². The number of aryl methyl sites for hydroxylation is 1. The van der Waals surface area contributed by atoms with E-state index in [0.29, 0.717) is 24.5 Å². The van der Waals surface area contributed by atoms with Crippen molar-refractivity contribution >= 4 is 0 Å². The highest BCUT2D eigenvalue weighted by Gasteiger charge is 2.27. The summed E-state index contributed by atoms with van der Waals surface area (Å²) < 4.78 is 34.4. The molecule has 36 heavy (non-hydrogen) atoms. The summed E-state index contributed by atoms with van der Waals surface area (Å²) in [7, 11) is 0. The number of ether oxygens (including phenoxy) is 1. The van der Waals surface area contributed by atoms with Gasteiger partial charge in [0, 0.05) is 0 Å². The molecule has 3 heteroatoms. The van der Waals surface area contributed by atoms with E-state index in [0.717, 1.165) is 43.9 Å². The van der Waals surface area contributed by atoms with Crippen molar-refractivity contribution in [2.75, 3.05) is 6.61 Å². The Morgan fingerprint density at radius 2 is 1.61 bits per heavy atom. The van der Waals surface area contributed by atoms with Gasteiger partial charge in [0.15, 0.2) is 11.6 Å². The molecule has 0 aliphatic heterocycles. The summed E-state index contributed by atoms with van der Waals surface area (Å²) in [6.07, 6.45) is 27.2. The summed E-state index contributed by atoms with van der Waals surface area (Å²) in [6.45, 7) is 4.87. The Hall–Kier alpha value is -1.64. The molecule has 0 amide bonds. The van der Waals surface area contributed by atoms with Crippen molar-refractivity contribution in [2.45, 2.75) is 123 Å². The fraction of sp³-hybridized carbons (Fsp3) is 0.697. The van der Waals surface area contributed by atoms with E-state index in [1.54, 1.807) is 17.7 Å². The Kier molecular flexibility index (Phi) is 13.1. The van der Waals surface area contributed by atoms with Crippen LogP contribution in [-0.4, -0.2) is 6.61 Å². The predicted molar refractivity (Wildman–Crippen MR) is 148 cm³/mol. The minimum Gasteiger partial charge on any atom is -0.490 e. The molecule has 0 N–H and O–H groups in total. The van der Waals surface area contributed by atoms with Gasteiger partial charge in [-0.15, -0.1) is 0 Å². The van der Waals surface area contributed by atoms with Crippen LogP contribution in [0.15, 0.2) is 35.9 Å². The molecular formula is C33H50F2O. The zero-order valence-electron chi connectivity index (χ0n) is 23.0. The van der Waals surface area contributed by atoms with Crippen molar-refractivity contribution in [1.82, 2.24) is 0 Å². The van der Waals surface area contributed by atoms with E-state index in [2.05, 4.69) is 32.1 Å². The highest BCUT2D eigenvalue weighted by molar-refractivity contribution is 5.31. The maximum atomic E-state index is 14.5. The summed E-state index contributed by atoms with van der Waals surface area (Å²) in [5, 5.41) is 0. The second-order valence-electron chi connectivity index (χ2n) is 11.3. The second kappa shape index (κ2) is 16.3. The van der Waals surface area contributed by atoms with E-state index < -0.39 is 11.6 Å². The molecular weight excluding hydrogens is 450 g/mol. The summed E-state index contributed by atoms with van der Waals surface area (Å²) in [4.78, 5) is 0. The van der Waals surface area contributed by atoms with Crippen molar-refractivity contribution in [1.29, 1.82) is 0 Å². The van der Waals surface area contributed by atoms with Gasteiger partial charge in [0.25, 0.3) is 0 Å². The third kappa shape index (κ3) is 9.34. The Bertz CT molecular complexity index is 819. The Balaban J connectivity index is 1.34. The van der Waals surface area contributed by atoms with Crippen LogP contribution >= 0.6 is 0 Å². The van der Waals surface area contributed by atoms with Crippen LogP contribution in [0, 0.1) is 29.4 Å². The summed E-state index contributed by atoms with van der Waals surface area (Å²) in [5.74, 6) is 0.899. The van der Waals surface area contributed by atoms with Crippen molar-refractivity contribution in [3.63, 3.8) is 0 Å². The number of halogens is 2. The maximum absolute atomic E-state index is 14.5. The number of unbranched alkanes of at least 4 members (excludes halogenated alkanes) is 5. The van der Waals surface area contributed by atoms with Crippen LogP contribution in [0.2, 0.25) is 0 Å². The number of rotatable bonds is 15. The van der Waals surface area contributed by atoms with Gasteiger partial charge in [-0.2, -0.15) is 4.39 Å². The van der Waals surface area contributed by atoms with E-state index in [1.807, 2.05) is 0 Å². The molecule has 1 nitrogen and oxygen atoms in total. The molecule has 0 spiro atoms. The van der Waals surface area contributed by atoms with E-state index in [4.69, 9.17) is 4.74 Å². The molecule has 1 aromatic carbocycles. The van der Waals surface area contributed by atoms with Gasteiger partial charge in [-0.05, 0) is 106 Å². The van der Waals surface area contributed by atoms with Gasteiger partial charge in [0.1, 0.15) is 0 Å². The van der Waals surface area contributed by atoms with Crippen molar-refractivity contribution in [3.8, 4) is 5.75 Å². The average molecular weight is 501 g/mol. The molecule has 0 heterocycles. The van der Waals surface area contributed by atoms with Gasteiger partial charge >= 0.3 is 0 Å². The van der Waals surface area contributed by atoms with Crippen LogP contribution in [0.25, 0.3) is 0 Å². The zero-order valence-corrected chi connectivity index (χ0v) is 23.0. The molecule has 202 valence electrons. The van der Waals surface area contributed by atoms with Gasteiger partial charge in [0.2, 0.25) is 5.82 Å². The van der Waals surface area contributed by atoms with Crippen LogP contribution < -0.4 is 4.74 Å². The largest absolute Gasteiger partial charge is 0.490 e. The lowest BCUT2D eigenvalue weighted by atomic mass is 9.71. The van der Waals surface area contributed by atoms with E-state index in [1.165, 1.54) is 70.6 Å². The van der Waals surface area contributed by atoms with Crippen LogP contribution in [0.1, 0.15) is 122 Å².